The number of aromatic nitrogens is 1. The first-order valence-corrected chi connectivity index (χ1v) is 9.43. The molecule has 5 heterocycles. The number of amides is 1. The minimum atomic E-state index is 0.0667. The van der Waals surface area contributed by atoms with E-state index >= 15 is 0 Å². The molecule has 0 aliphatic carbocycles. The summed E-state index contributed by atoms with van der Waals surface area (Å²) in [6, 6.07) is 6.65. The summed E-state index contributed by atoms with van der Waals surface area (Å²) in [7, 11) is 0. The fourth-order valence-electron chi connectivity index (χ4n) is 3.70. The van der Waals surface area contributed by atoms with Crippen molar-refractivity contribution in [2.45, 2.75) is 31.8 Å². The van der Waals surface area contributed by atoms with Crippen LogP contribution in [0, 0.1) is 5.92 Å². The third-order valence-electron chi connectivity index (χ3n) is 5.00. The molecule has 4 nitrogen and oxygen atoms in total. The Bertz CT molecular complexity index is 657. The fraction of sp³-hybridized carbons (Fsp3) is 0.500. The number of hydrogen-bond donors (Lipinski definition) is 1. The van der Waals surface area contributed by atoms with E-state index in [1.165, 1.54) is 48.8 Å². The number of piperidine rings is 3. The number of carbonyl (C=O) groups excluding carboxylic acids is 1. The minimum Gasteiger partial charge on any atom is -0.347 e. The van der Waals surface area contributed by atoms with E-state index in [0.29, 0.717) is 18.0 Å². The lowest BCUT2D eigenvalue weighted by Gasteiger charge is -2.49. The Morgan fingerprint density at radius 2 is 2.14 bits per heavy atom. The van der Waals surface area contributed by atoms with E-state index in [4.69, 9.17) is 0 Å². The molecule has 22 heavy (non-hydrogen) atoms. The lowest BCUT2D eigenvalue weighted by molar-refractivity contribution is 0.0218. The van der Waals surface area contributed by atoms with Gasteiger partial charge in [-0.15, -0.1) is 11.3 Å². The van der Waals surface area contributed by atoms with Gasteiger partial charge in [0.05, 0.1) is 15.4 Å². The van der Waals surface area contributed by atoms with Crippen molar-refractivity contribution in [3.8, 4) is 10.6 Å². The Balaban J connectivity index is 1.48. The van der Waals surface area contributed by atoms with E-state index in [-0.39, 0.29) is 5.91 Å². The molecule has 2 bridgehead atoms. The standard InChI is InChI=1S/C16H19N3OS2/c1-10-15(11-4-7-19(10)8-5-11)17-16(20)14-3-2-13(22-14)12-6-9-21-18-12/h2-3,6,9-11,15H,4-5,7-8H2,1H3,(H,17,20)/t10-,15-/m0/s1. The summed E-state index contributed by atoms with van der Waals surface area (Å²) in [6.45, 7) is 4.61. The van der Waals surface area contributed by atoms with Gasteiger partial charge in [0.15, 0.2) is 0 Å². The highest BCUT2D eigenvalue weighted by Crippen LogP contribution is 2.33. The van der Waals surface area contributed by atoms with Crippen molar-refractivity contribution in [2.75, 3.05) is 13.1 Å². The quantitative estimate of drug-likeness (QED) is 0.939. The summed E-state index contributed by atoms with van der Waals surface area (Å²) in [4.78, 5) is 16.9. The van der Waals surface area contributed by atoms with Gasteiger partial charge >= 0.3 is 0 Å². The van der Waals surface area contributed by atoms with E-state index < -0.39 is 0 Å². The number of hydrogen-bond acceptors (Lipinski definition) is 5. The lowest BCUT2D eigenvalue weighted by atomic mass is 9.79. The Hall–Kier alpha value is -1.24. The van der Waals surface area contributed by atoms with Crippen LogP contribution in [0.1, 0.15) is 29.4 Å². The molecule has 0 radical (unpaired) electrons. The average molecular weight is 333 g/mol. The minimum absolute atomic E-state index is 0.0667. The van der Waals surface area contributed by atoms with Gasteiger partial charge in [-0.3, -0.25) is 9.69 Å². The van der Waals surface area contributed by atoms with Gasteiger partial charge in [-0.2, -0.15) is 4.37 Å². The molecule has 1 N–H and O–H groups in total. The molecule has 3 aliphatic rings. The summed E-state index contributed by atoms with van der Waals surface area (Å²) in [5.74, 6) is 0.707. The summed E-state index contributed by atoms with van der Waals surface area (Å²) in [5.41, 5.74) is 0.963. The van der Waals surface area contributed by atoms with Crippen LogP contribution in [0.5, 0.6) is 0 Å². The van der Waals surface area contributed by atoms with E-state index in [1.807, 2.05) is 23.6 Å². The van der Waals surface area contributed by atoms with Crippen molar-refractivity contribution in [1.29, 1.82) is 0 Å². The van der Waals surface area contributed by atoms with Crippen LogP contribution < -0.4 is 5.32 Å². The maximum Gasteiger partial charge on any atom is 0.261 e. The van der Waals surface area contributed by atoms with Crippen LogP contribution in [-0.4, -0.2) is 40.4 Å². The van der Waals surface area contributed by atoms with Gasteiger partial charge in [0.2, 0.25) is 0 Å². The maximum absolute atomic E-state index is 12.6. The number of nitrogens with one attached hydrogen (secondary N) is 1. The molecule has 3 saturated heterocycles. The summed E-state index contributed by atoms with van der Waals surface area (Å²) >= 11 is 2.97. The average Bonchev–Trinajstić information content (AvgIpc) is 3.21. The highest BCUT2D eigenvalue weighted by Gasteiger charge is 2.40. The second kappa shape index (κ2) is 5.76. The van der Waals surface area contributed by atoms with Gasteiger partial charge in [0.25, 0.3) is 5.91 Å². The SMILES string of the molecule is C[C@H]1[C@H](NC(=O)c2ccc(-c3ccsn3)s2)C2CCN1CC2. The fourth-order valence-corrected chi connectivity index (χ4v) is 5.17. The molecule has 1 amide bonds. The predicted molar refractivity (Wildman–Crippen MR) is 90.4 cm³/mol. The maximum atomic E-state index is 12.6. The van der Waals surface area contributed by atoms with E-state index in [0.717, 1.165) is 15.4 Å². The van der Waals surface area contributed by atoms with Gasteiger partial charge < -0.3 is 5.32 Å². The van der Waals surface area contributed by atoms with Gasteiger partial charge in [-0.05, 0) is 68.5 Å². The van der Waals surface area contributed by atoms with Gasteiger partial charge in [-0.1, -0.05) is 0 Å². The van der Waals surface area contributed by atoms with Gasteiger partial charge in [0.1, 0.15) is 0 Å². The molecule has 0 aromatic carbocycles. The monoisotopic (exact) mass is 333 g/mol. The van der Waals surface area contributed by atoms with Crippen LogP contribution in [0.3, 0.4) is 0 Å². The molecule has 6 heteroatoms. The normalized spacial score (nSPS) is 30.4. The Morgan fingerprint density at radius 1 is 1.32 bits per heavy atom. The number of rotatable bonds is 3. The van der Waals surface area contributed by atoms with Crippen LogP contribution in [0.25, 0.3) is 10.6 Å². The predicted octanol–water partition coefficient (Wildman–Crippen LogP) is 3.08. The molecule has 2 aromatic rings. The van der Waals surface area contributed by atoms with Crippen LogP contribution in [0.4, 0.5) is 0 Å². The van der Waals surface area contributed by atoms with Crippen LogP contribution in [0.2, 0.25) is 0 Å². The van der Waals surface area contributed by atoms with Crippen molar-refractivity contribution >= 4 is 28.8 Å². The summed E-state index contributed by atoms with van der Waals surface area (Å²) in [6.07, 6.45) is 2.42. The zero-order valence-electron chi connectivity index (χ0n) is 12.5. The van der Waals surface area contributed by atoms with E-state index in [1.54, 1.807) is 0 Å². The molecule has 2 atom stereocenters. The van der Waals surface area contributed by atoms with Crippen LogP contribution >= 0.6 is 22.9 Å². The first kappa shape index (κ1) is 14.4. The first-order valence-electron chi connectivity index (χ1n) is 7.78. The molecule has 0 unspecified atom stereocenters. The van der Waals surface area contributed by atoms with E-state index in [2.05, 4.69) is 21.5 Å². The summed E-state index contributed by atoms with van der Waals surface area (Å²) in [5, 5.41) is 5.25. The van der Waals surface area contributed by atoms with Gasteiger partial charge in [-0.25, -0.2) is 0 Å². The Kier molecular flexibility index (Phi) is 3.76. The number of fused-ring (bicyclic) bond motifs is 3. The lowest BCUT2D eigenvalue weighted by Crippen LogP contribution is -2.62. The highest BCUT2D eigenvalue weighted by atomic mass is 32.1. The zero-order valence-corrected chi connectivity index (χ0v) is 14.1. The summed E-state index contributed by atoms with van der Waals surface area (Å²) < 4.78 is 4.33. The number of nitrogens with zero attached hydrogens (tertiary/aromatic N) is 2. The van der Waals surface area contributed by atoms with Crippen molar-refractivity contribution in [3.63, 3.8) is 0 Å². The number of thiophene rings is 1. The third kappa shape index (κ3) is 2.49. The molecule has 3 fully saturated rings. The second-order valence-corrected chi connectivity index (χ2v) is 7.91. The Morgan fingerprint density at radius 3 is 2.82 bits per heavy atom. The largest absolute Gasteiger partial charge is 0.347 e. The van der Waals surface area contributed by atoms with Crippen molar-refractivity contribution in [2.24, 2.45) is 5.92 Å². The molecule has 2 aromatic heterocycles. The molecule has 5 rings (SSSR count). The molecule has 0 spiro atoms. The Labute approximate surface area is 138 Å². The number of carbonyl (C=O) groups is 1. The smallest absolute Gasteiger partial charge is 0.261 e. The van der Waals surface area contributed by atoms with Crippen molar-refractivity contribution in [1.82, 2.24) is 14.6 Å². The molecular weight excluding hydrogens is 314 g/mol. The zero-order chi connectivity index (χ0) is 15.1. The molecule has 3 aliphatic heterocycles. The highest BCUT2D eigenvalue weighted by molar-refractivity contribution is 7.17. The van der Waals surface area contributed by atoms with E-state index in [9.17, 15) is 4.79 Å². The van der Waals surface area contributed by atoms with Crippen molar-refractivity contribution in [3.05, 3.63) is 28.5 Å². The molecule has 116 valence electrons. The second-order valence-electron chi connectivity index (χ2n) is 6.16. The molecule has 0 saturated carbocycles. The van der Waals surface area contributed by atoms with Crippen LogP contribution in [-0.2, 0) is 0 Å². The van der Waals surface area contributed by atoms with Crippen LogP contribution in [0.15, 0.2) is 23.6 Å². The molecular formula is C16H19N3OS2. The van der Waals surface area contributed by atoms with Gasteiger partial charge in [0, 0.05) is 17.5 Å². The first-order chi connectivity index (χ1) is 10.7. The third-order valence-corrected chi connectivity index (χ3v) is 6.66. The topological polar surface area (TPSA) is 45.2 Å². The van der Waals surface area contributed by atoms with Crippen molar-refractivity contribution < 1.29 is 4.79 Å².